The fourth-order valence-corrected chi connectivity index (χ4v) is 3.82. The van der Waals surface area contributed by atoms with E-state index >= 15 is 0 Å². The van der Waals surface area contributed by atoms with Crippen LogP contribution in [-0.4, -0.2) is 85.1 Å². The first kappa shape index (κ1) is 16.8. The summed E-state index contributed by atoms with van der Waals surface area (Å²) >= 11 is 0. The van der Waals surface area contributed by atoms with Crippen LogP contribution in [0.2, 0.25) is 0 Å². The molecule has 1 aromatic heterocycles. The van der Waals surface area contributed by atoms with Crippen molar-refractivity contribution in [3.8, 4) is 0 Å². The van der Waals surface area contributed by atoms with E-state index in [4.69, 9.17) is 0 Å². The number of rotatable bonds is 5. The van der Waals surface area contributed by atoms with E-state index in [9.17, 15) is 0 Å². The lowest BCUT2D eigenvalue weighted by atomic mass is 10.0. The lowest BCUT2D eigenvalue weighted by Crippen LogP contribution is -2.55. The number of nitrogens with zero attached hydrogens (tertiary/aromatic N) is 4. The zero-order valence-electron chi connectivity index (χ0n) is 14.6. The molecule has 0 aliphatic carbocycles. The fourth-order valence-electron chi connectivity index (χ4n) is 3.82. The molecule has 0 saturated carbocycles. The van der Waals surface area contributed by atoms with Crippen molar-refractivity contribution in [2.75, 3.05) is 59.4 Å². The van der Waals surface area contributed by atoms with Crippen molar-refractivity contribution >= 4 is 0 Å². The number of pyridine rings is 1. The van der Waals surface area contributed by atoms with Crippen LogP contribution in [0, 0.1) is 0 Å². The van der Waals surface area contributed by atoms with Crippen LogP contribution < -0.4 is 5.32 Å². The smallest absolute Gasteiger partial charge is 0.0494 e. The number of hydrogen-bond acceptors (Lipinski definition) is 5. The summed E-state index contributed by atoms with van der Waals surface area (Å²) in [7, 11) is 2.22. The highest BCUT2D eigenvalue weighted by Crippen LogP contribution is 2.26. The minimum atomic E-state index is 0.458. The van der Waals surface area contributed by atoms with Gasteiger partial charge >= 0.3 is 0 Å². The molecule has 5 heteroatoms. The molecule has 128 valence electrons. The number of hydrogen-bond donors (Lipinski definition) is 1. The van der Waals surface area contributed by atoms with Crippen molar-refractivity contribution in [3.63, 3.8) is 0 Å². The van der Waals surface area contributed by atoms with Crippen LogP contribution in [0.15, 0.2) is 24.5 Å². The summed E-state index contributed by atoms with van der Waals surface area (Å²) in [6.07, 6.45) is 5.15. The highest BCUT2D eigenvalue weighted by molar-refractivity contribution is 5.15. The molecule has 2 fully saturated rings. The Morgan fingerprint density at radius 2 is 2.09 bits per heavy atom. The molecule has 0 bridgehead atoms. The molecule has 2 aliphatic heterocycles. The summed E-state index contributed by atoms with van der Waals surface area (Å²) in [6, 6.07) is 5.42. The third-order valence-electron chi connectivity index (χ3n) is 5.36. The predicted molar refractivity (Wildman–Crippen MR) is 94.6 cm³/mol. The molecule has 3 heterocycles. The van der Waals surface area contributed by atoms with Crippen molar-refractivity contribution in [2.24, 2.45) is 0 Å². The molecule has 0 spiro atoms. The summed E-state index contributed by atoms with van der Waals surface area (Å²) in [6.45, 7) is 11.5. The van der Waals surface area contributed by atoms with E-state index in [1.54, 1.807) is 0 Å². The second kappa shape index (κ2) is 8.20. The Bertz CT molecular complexity index is 458. The van der Waals surface area contributed by atoms with Gasteiger partial charge in [-0.05, 0) is 25.1 Å². The van der Waals surface area contributed by atoms with Crippen LogP contribution in [0.5, 0.6) is 0 Å². The third-order valence-corrected chi connectivity index (χ3v) is 5.36. The maximum absolute atomic E-state index is 4.39. The molecular formula is C18H31N5. The summed E-state index contributed by atoms with van der Waals surface area (Å²) in [4.78, 5) is 12.2. The van der Waals surface area contributed by atoms with Crippen molar-refractivity contribution in [1.29, 1.82) is 0 Å². The highest BCUT2D eigenvalue weighted by Gasteiger charge is 2.30. The minimum absolute atomic E-state index is 0.458. The van der Waals surface area contributed by atoms with Crippen molar-refractivity contribution in [2.45, 2.75) is 25.4 Å². The predicted octanol–water partition coefficient (Wildman–Crippen LogP) is 1.05. The summed E-state index contributed by atoms with van der Waals surface area (Å²) in [5, 5.41) is 3.55. The maximum Gasteiger partial charge on any atom is 0.0494 e. The zero-order chi connectivity index (χ0) is 16.1. The zero-order valence-corrected chi connectivity index (χ0v) is 14.6. The summed E-state index contributed by atoms with van der Waals surface area (Å²) in [5.74, 6) is 0. The molecule has 23 heavy (non-hydrogen) atoms. The Balaban J connectivity index is 1.76. The molecule has 2 unspecified atom stereocenters. The number of likely N-dealkylation sites (N-methyl/N-ethyl adjacent to an activating group) is 1. The first-order chi connectivity index (χ1) is 11.3. The van der Waals surface area contributed by atoms with Crippen LogP contribution in [-0.2, 0) is 0 Å². The first-order valence-corrected chi connectivity index (χ1v) is 9.05. The van der Waals surface area contributed by atoms with Crippen LogP contribution in [0.1, 0.15) is 24.9 Å². The number of piperazine rings is 2. The van der Waals surface area contributed by atoms with Crippen molar-refractivity contribution in [3.05, 3.63) is 30.1 Å². The Morgan fingerprint density at radius 1 is 1.26 bits per heavy atom. The Kier molecular flexibility index (Phi) is 6.00. The summed E-state index contributed by atoms with van der Waals surface area (Å²) in [5.41, 5.74) is 1.37. The lowest BCUT2D eigenvalue weighted by Gasteiger charge is -2.44. The largest absolute Gasteiger partial charge is 0.314 e. The van der Waals surface area contributed by atoms with Crippen LogP contribution in [0.4, 0.5) is 0 Å². The van der Waals surface area contributed by atoms with E-state index in [0.717, 1.165) is 26.2 Å². The van der Waals surface area contributed by atoms with E-state index in [1.165, 1.54) is 38.2 Å². The topological polar surface area (TPSA) is 34.6 Å². The Labute approximate surface area is 140 Å². The average molecular weight is 317 g/mol. The molecule has 0 radical (unpaired) electrons. The Hall–Kier alpha value is -1.01. The van der Waals surface area contributed by atoms with Gasteiger partial charge in [-0.15, -0.1) is 0 Å². The van der Waals surface area contributed by atoms with E-state index in [1.807, 2.05) is 6.20 Å². The average Bonchev–Trinajstić information content (AvgIpc) is 2.62. The van der Waals surface area contributed by atoms with Gasteiger partial charge < -0.3 is 10.2 Å². The molecular weight excluding hydrogens is 286 g/mol. The lowest BCUT2D eigenvalue weighted by molar-refractivity contribution is 0.0586. The molecule has 0 amide bonds. The van der Waals surface area contributed by atoms with Crippen molar-refractivity contribution < 1.29 is 0 Å². The standard InChI is InChI=1S/C18H31N5/c1-3-17-14-20-7-8-23(17)18(16-5-4-6-19-13-16)15-22-11-9-21(2)10-12-22/h4-6,13,17-18,20H,3,7-12,14-15H2,1-2H3. The van der Waals surface area contributed by atoms with E-state index in [2.05, 4.69) is 57.3 Å². The second-order valence-electron chi connectivity index (χ2n) is 6.91. The molecule has 5 nitrogen and oxygen atoms in total. The summed E-state index contributed by atoms with van der Waals surface area (Å²) < 4.78 is 0. The van der Waals surface area contributed by atoms with Gasteiger partial charge in [0.05, 0.1) is 0 Å². The normalized spacial score (nSPS) is 26.3. The second-order valence-corrected chi connectivity index (χ2v) is 6.91. The van der Waals surface area contributed by atoms with Gasteiger partial charge in [-0.2, -0.15) is 0 Å². The van der Waals surface area contributed by atoms with Crippen LogP contribution >= 0.6 is 0 Å². The van der Waals surface area contributed by atoms with E-state index in [-0.39, 0.29) is 0 Å². The molecule has 2 aliphatic rings. The van der Waals surface area contributed by atoms with Crippen LogP contribution in [0.3, 0.4) is 0 Å². The third kappa shape index (κ3) is 4.29. The van der Waals surface area contributed by atoms with Crippen LogP contribution in [0.25, 0.3) is 0 Å². The SMILES string of the molecule is CCC1CNCCN1C(CN1CCN(C)CC1)c1cccnc1. The molecule has 0 aromatic carbocycles. The number of aromatic nitrogens is 1. The highest BCUT2D eigenvalue weighted by atomic mass is 15.3. The van der Waals surface area contributed by atoms with E-state index in [0.29, 0.717) is 12.1 Å². The van der Waals surface area contributed by atoms with Gasteiger partial charge in [0.25, 0.3) is 0 Å². The molecule has 2 saturated heterocycles. The molecule has 1 N–H and O–H groups in total. The first-order valence-electron chi connectivity index (χ1n) is 9.05. The van der Waals surface area contributed by atoms with Gasteiger partial charge in [0, 0.05) is 76.8 Å². The number of nitrogens with one attached hydrogen (secondary N) is 1. The Morgan fingerprint density at radius 3 is 2.78 bits per heavy atom. The van der Waals surface area contributed by atoms with Gasteiger partial charge in [0.15, 0.2) is 0 Å². The molecule has 3 rings (SSSR count). The fraction of sp³-hybridized carbons (Fsp3) is 0.722. The van der Waals surface area contributed by atoms with Gasteiger partial charge in [0.2, 0.25) is 0 Å². The van der Waals surface area contributed by atoms with Crippen molar-refractivity contribution in [1.82, 2.24) is 25.0 Å². The maximum atomic E-state index is 4.39. The van der Waals surface area contributed by atoms with Gasteiger partial charge in [0.1, 0.15) is 0 Å². The quantitative estimate of drug-likeness (QED) is 0.878. The minimum Gasteiger partial charge on any atom is -0.314 e. The van der Waals surface area contributed by atoms with Gasteiger partial charge in [-0.25, -0.2) is 0 Å². The monoisotopic (exact) mass is 317 g/mol. The van der Waals surface area contributed by atoms with Gasteiger partial charge in [-0.3, -0.25) is 14.8 Å². The molecule has 1 aromatic rings. The molecule has 2 atom stereocenters. The van der Waals surface area contributed by atoms with E-state index < -0.39 is 0 Å². The van der Waals surface area contributed by atoms with Gasteiger partial charge in [-0.1, -0.05) is 13.0 Å².